The molecule has 2 aliphatic rings. The fourth-order valence-electron chi connectivity index (χ4n) is 3.00. The van der Waals surface area contributed by atoms with Crippen molar-refractivity contribution in [3.8, 4) is 0 Å². The normalized spacial score (nSPS) is 21.3. The third-order valence-electron chi connectivity index (χ3n) is 4.13. The summed E-state index contributed by atoms with van der Waals surface area (Å²) in [6, 6.07) is 6.46. The van der Waals surface area contributed by atoms with Crippen molar-refractivity contribution < 1.29 is 4.79 Å². The van der Waals surface area contributed by atoms with E-state index < -0.39 is 0 Å². The molecule has 0 aliphatic carbocycles. The number of likely N-dealkylation sites (tertiary alicyclic amines) is 1. The van der Waals surface area contributed by atoms with Gasteiger partial charge in [-0.1, -0.05) is 0 Å². The van der Waals surface area contributed by atoms with Gasteiger partial charge in [-0.15, -0.1) is 12.4 Å². The summed E-state index contributed by atoms with van der Waals surface area (Å²) >= 11 is 0. The van der Waals surface area contributed by atoms with Gasteiger partial charge in [-0.25, -0.2) is 0 Å². The second-order valence-corrected chi connectivity index (χ2v) is 5.39. The quantitative estimate of drug-likeness (QED) is 0.857. The van der Waals surface area contributed by atoms with E-state index in [2.05, 4.69) is 18.3 Å². The average Bonchev–Trinajstić information content (AvgIpc) is 2.85. The molecule has 2 heterocycles. The lowest BCUT2D eigenvalue weighted by Gasteiger charge is -2.33. The van der Waals surface area contributed by atoms with Crippen molar-refractivity contribution in [2.24, 2.45) is 0 Å². The predicted molar refractivity (Wildman–Crippen MR) is 80.2 cm³/mol. The highest BCUT2D eigenvalue weighted by Crippen LogP contribution is 2.25. The van der Waals surface area contributed by atoms with Gasteiger partial charge in [0, 0.05) is 30.4 Å². The topological polar surface area (TPSA) is 32.3 Å². The number of hydrogen-bond acceptors (Lipinski definition) is 2. The zero-order valence-corrected chi connectivity index (χ0v) is 12.1. The Bertz CT molecular complexity index is 475. The molecule has 19 heavy (non-hydrogen) atoms. The van der Waals surface area contributed by atoms with Gasteiger partial charge in [0.2, 0.25) is 0 Å². The minimum Gasteiger partial charge on any atom is -0.384 e. The lowest BCUT2D eigenvalue weighted by Crippen LogP contribution is -2.42. The van der Waals surface area contributed by atoms with E-state index in [0.29, 0.717) is 6.04 Å². The molecule has 1 fully saturated rings. The van der Waals surface area contributed by atoms with E-state index in [9.17, 15) is 4.79 Å². The maximum Gasteiger partial charge on any atom is 0.254 e. The third kappa shape index (κ3) is 2.71. The number of fused-ring (bicyclic) bond motifs is 1. The van der Waals surface area contributed by atoms with Gasteiger partial charge in [-0.05, 0) is 56.4 Å². The first-order chi connectivity index (χ1) is 8.75. The SMILES string of the molecule is CC1CCCCN1C(=O)c1ccc2c(c1)CCN2.Cl. The molecule has 0 aromatic heterocycles. The Hall–Kier alpha value is -1.22. The molecule has 1 saturated heterocycles. The third-order valence-corrected chi connectivity index (χ3v) is 4.13. The summed E-state index contributed by atoms with van der Waals surface area (Å²) in [6.45, 7) is 4.06. The molecule has 0 radical (unpaired) electrons. The van der Waals surface area contributed by atoms with Crippen LogP contribution in [0.1, 0.15) is 42.1 Å². The van der Waals surface area contributed by atoms with Crippen LogP contribution in [0.4, 0.5) is 5.69 Å². The van der Waals surface area contributed by atoms with E-state index in [1.807, 2.05) is 17.0 Å². The van der Waals surface area contributed by atoms with Gasteiger partial charge in [0.15, 0.2) is 0 Å². The van der Waals surface area contributed by atoms with Crippen LogP contribution in [-0.2, 0) is 6.42 Å². The lowest BCUT2D eigenvalue weighted by molar-refractivity contribution is 0.0635. The molecule has 1 amide bonds. The monoisotopic (exact) mass is 280 g/mol. The molecule has 104 valence electrons. The summed E-state index contributed by atoms with van der Waals surface area (Å²) < 4.78 is 0. The molecule has 3 nitrogen and oxygen atoms in total. The summed E-state index contributed by atoms with van der Waals surface area (Å²) in [5, 5.41) is 3.33. The molecule has 4 heteroatoms. The van der Waals surface area contributed by atoms with E-state index >= 15 is 0 Å². The summed E-state index contributed by atoms with van der Waals surface area (Å²) in [4.78, 5) is 14.6. The number of halogens is 1. The minimum atomic E-state index is 0. The van der Waals surface area contributed by atoms with Gasteiger partial charge in [0.1, 0.15) is 0 Å². The van der Waals surface area contributed by atoms with E-state index in [-0.39, 0.29) is 18.3 Å². The van der Waals surface area contributed by atoms with Crippen LogP contribution in [-0.4, -0.2) is 29.9 Å². The van der Waals surface area contributed by atoms with Crippen LogP contribution in [0.3, 0.4) is 0 Å². The zero-order valence-electron chi connectivity index (χ0n) is 11.3. The maximum absolute atomic E-state index is 12.5. The van der Waals surface area contributed by atoms with Crippen LogP contribution in [0.2, 0.25) is 0 Å². The van der Waals surface area contributed by atoms with Crippen LogP contribution in [0.25, 0.3) is 0 Å². The summed E-state index contributed by atoms with van der Waals surface area (Å²) in [5.41, 5.74) is 3.33. The highest BCUT2D eigenvalue weighted by atomic mass is 35.5. The van der Waals surface area contributed by atoms with Crippen molar-refractivity contribution >= 4 is 24.0 Å². The number of benzene rings is 1. The molecule has 3 rings (SSSR count). The molecule has 1 N–H and O–H groups in total. The molecule has 0 saturated carbocycles. The number of hydrogen-bond donors (Lipinski definition) is 1. The Morgan fingerprint density at radius 3 is 3.00 bits per heavy atom. The van der Waals surface area contributed by atoms with Crippen LogP contribution < -0.4 is 5.32 Å². The summed E-state index contributed by atoms with van der Waals surface area (Å²) in [7, 11) is 0. The molecule has 0 spiro atoms. The molecular formula is C15H21ClN2O. The standard InChI is InChI=1S/C15H20N2O.ClH/c1-11-4-2-3-9-17(11)15(18)13-5-6-14-12(10-13)7-8-16-14;/h5-6,10-11,16H,2-4,7-9H2,1H3;1H. The van der Waals surface area contributed by atoms with Crippen LogP contribution in [0, 0.1) is 0 Å². The van der Waals surface area contributed by atoms with E-state index in [1.54, 1.807) is 0 Å². The molecule has 1 aromatic carbocycles. The fourth-order valence-corrected chi connectivity index (χ4v) is 3.00. The number of amides is 1. The highest BCUT2D eigenvalue weighted by molar-refractivity contribution is 5.95. The first-order valence-corrected chi connectivity index (χ1v) is 6.93. The zero-order chi connectivity index (χ0) is 12.5. The van der Waals surface area contributed by atoms with Crippen LogP contribution >= 0.6 is 12.4 Å². The number of nitrogens with one attached hydrogen (secondary N) is 1. The number of rotatable bonds is 1. The van der Waals surface area contributed by atoms with Gasteiger partial charge >= 0.3 is 0 Å². The largest absolute Gasteiger partial charge is 0.384 e. The highest BCUT2D eigenvalue weighted by Gasteiger charge is 2.24. The van der Waals surface area contributed by atoms with Crippen molar-refractivity contribution in [1.82, 2.24) is 4.90 Å². The fraction of sp³-hybridized carbons (Fsp3) is 0.533. The Labute approximate surface area is 120 Å². The predicted octanol–water partition coefficient (Wildman–Crippen LogP) is 3.09. The smallest absolute Gasteiger partial charge is 0.254 e. The van der Waals surface area contributed by atoms with Gasteiger partial charge in [-0.2, -0.15) is 0 Å². The van der Waals surface area contributed by atoms with Crippen molar-refractivity contribution in [3.63, 3.8) is 0 Å². The van der Waals surface area contributed by atoms with Gasteiger partial charge < -0.3 is 10.2 Å². The Morgan fingerprint density at radius 1 is 1.37 bits per heavy atom. The van der Waals surface area contributed by atoms with Crippen molar-refractivity contribution in [1.29, 1.82) is 0 Å². The molecule has 1 atom stereocenters. The first kappa shape index (κ1) is 14.2. The number of anilines is 1. The Kier molecular flexibility index (Phi) is 4.35. The van der Waals surface area contributed by atoms with Gasteiger partial charge in [0.05, 0.1) is 0 Å². The Balaban J connectivity index is 0.00000133. The number of carbonyl (C=O) groups is 1. The number of nitrogens with zero attached hydrogens (tertiary/aromatic N) is 1. The van der Waals surface area contributed by atoms with E-state index in [1.165, 1.54) is 17.7 Å². The second-order valence-electron chi connectivity index (χ2n) is 5.39. The molecule has 2 aliphatic heterocycles. The van der Waals surface area contributed by atoms with Crippen molar-refractivity contribution in [2.45, 2.75) is 38.6 Å². The molecule has 1 unspecified atom stereocenters. The lowest BCUT2D eigenvalue weighted by atomic mass is 10.0. The summed E-state index contributed by atoms with van der Waals surface area (Å²) in [6.07, 6.45) is 4.56. The summed E-state index contributed by atoms with van der Waals surface area (Å²) in [5.74, 6) is 0.205. The average molecular weight is 281 g/mol. The van der Waals surface area contributed by atoms with E-state index in [4.69, 9.17) is 0 Å². The van der Waals surface area contributed by atoms with Crippen molar-refractivity contribution in [2.75, 3.05) is 18.4 Å². The molecule has 0 bridgehead atoms. The second kappa shape index (κ2) is 5.83. The van der Waals surface area contributed by atoms with Gasteiger partial charge in [-0.3, -0.25) is 4.79 Å². The van der Waals surface area contributed by atoms with Crippen LogP contribution in [0.15, 0.2) is 18.2 Å². The number of piperidine rings is 1. The van der Waals surface area contributed by atoms with E-state index in [0.717, 1.165) is 37.9 Å². The molecule has 1 aromatic rings. The maximum atomic E-state index is 12.5. The van der Waals surface area contributed by atoms with Gasteiger partial charge in [0.25, 0.3) is 5.91 Å². The molecular weight excluding hydrogens is 260 g/mol. The number of carbonyl (C=O) groups excluding carboxylic acids is 1. The Morgan fingerprint density at radius 2 is 2.21 bits per heavy atom. The van der Waals surface area contributed by atoms with Crippen molar-refractivity contribution in [3.05, 3.63) is 29.3 Å². The minimum absolute atomic E-state index is 0. The van der Waals surface area contributed by atoms with Crippen LogP contribution in [0.5, 0.6) is 0 Å². The first-order valence-electron chi connectivity index (χ1n) is 6.93.